The van der Waals surface area contributed by atoms with Crippen molar-refractivity contribution in [3.63, 3.8) is 0 Å². The quantitative estimate of drug-likeness (QED) is 0.645. The van der Waals surface area contributed by atoms with E-state index >= 15 is 0 Å². The standard InChI is InChI=1S/C14H16F3N3O4/c1-18(8-12(21)14(15,16)17)11-5-6-19(13(11)22)9-3-2-4-10(7-9)20(23)24/h2-4,7,11-12,21H,5-6,8H2,1H3. The van der Waals surface area contributed by atoms with Crippen LogP contribution in [0.25, 0.3) is 0 Å². The van der Waals surface area contributed by atoms with E-state index < -0.39 is 35.7 Å². The Hall–Kier alpha value is -2.20. The van der Waals surface area contributed by atoms with Crippen LogP contribution < -0.4 is 4.90 Å². The topological polar surface area (TPSA) is 86.9 Å². The highest BCUT2D eigenvalue weighted by Gasteiger charge is 2.42. The first kappa shape index (κ1) is 18.1. The van der Waals surface area contributed by atoms with E-state index in [2.05, 4.69) is 0 Å². The van der Waals surface area contributed by atoms with Gasteiger partial charge in [0, 0.05) is 25.2 Å². The molecule has 1 heterocycles. The molecule has 1 fully saturated rings. The molecule has 1 aromatic carbocycles. The van der Waals surface area contributed by atoms with Crippen LogP contribution in [0.1, 0.15) is 6.42 Å². The number of benzene rings is 1. The number of hydrogen-bond acceptors (Lipinski definition) is 5. The molecule has 1 aliphatic heterocycles. The molecular weight excluding hydrogens is 331 g/mol. The minimum absolute atomic E-state index is 0.176. The molecule has 2 atom stereocenters. The van der Waals surface area contributed by atoms with Gasteiger partial charge in [-0.25, -0.2) is 0 Å². The second-order valence-electron chi connectivity index (χ2n) is 5.57. The lowest BCUT2D eigenvalue weighted by Gasteiger charge is -2.26. The molecule has 132 valence electrons. The first-order valence-electron chi connectivity index (χ1n) is 7.12. The van der Waals surface area contributed by atoms with Crippen LogP contribution in [0.5, 0.6) is 0 Å². The number of halogens is 3. The Morgan fingerprint density at radius 1 is 1.50 bits per heavy atom. The Bertz CT molecular complexity index is 638. The van der Waals surface area contributed by atoms with E-state index in [0.29, 0.717) is 5.69 Å². The molecule has 1 N–H and O–H groups in total. The number of alkyl halides is 3. The van der Waals surface area contributed by atoms with Crippen LogP contribution in [0, 0.1) is 10.1 Å². The molecule has 0 aromatic heterocycles. The number of likely N-dealkylation sites (N-methyl/N-ethyl adjacent to an activating group) is 1. The summed E-state index contributed by atoms with van der Waals surface area (Å²) in [5.41, 5.74) is 0.145. The van der Waals surface area contributed by atoms with Gasteiger partial charge in [0.2, 0.25) is 5.91 Å². The third kappa shape index (κ3) is 3.82. The SMILES string of the molecule is CN(CC(O)C(F)(F)F)C1CCN(c2cccc([N+](=O)[O-])c2)C1=O. The Labute approximate surface area is 135 Å². The van der Waals surface area contributed by atoms with E-state index in [1.807, 2.05) is 0 Å². The van der Waals surface area contributed by atoms with Gasteiger partial charge in [-0.15, -0.1) is 0 Å². The van der Waals surface area contributed by atoms with Gasteiger partial charge >= 0.3 is 6.18 Å². The lowest BCUT2D eigenvalue weighted by molar-refractivity contribution is -0.384. The predicted octanol–water partition coefficient (Wildman–Crippen LogP) is 1.56. The lowest BCUT2D eigenvalue weighted by Crippen LogP contribution is -2.46. The number of hydrogen-bond donors (Lipinski definition) is 1. The van der Waals surface area contributed by atoms with Gasteiger partial charge in [0.05, 0.1) is 16.7 Å². The Morgan fingerprint density at radius 2 is 2.17 bits per heavy atom. The number of aliphatic hydroxyl groups is 1. The van der Waals surface area contributed by atoms with Crippen LogP contribution >= 0.6 is 0 Å². The molecule has 0 spiro atoms. The smallest absolute Gasteiger partial charge is 0.382 e. The summed E-state index contributed by atoms with van der Waals surface area (Å²) in [6.07, 6.45) is -7.03. The fourth-order valence-electron chi connectivity index (χ4n) is 2.61. The third-order valence-electron chi connectivity index (χ3n) is 3.90. The highest BCUT2D eigenvalue weighted by Crippen LogP contribution is 2.28. The van der Waals surface area contributed by atoms with E-state index in [1.54, 1.807) is 0 Å². The maximum absolute atomic E-state index is 12.4. The molecule has 1 saturated heterocycles. The number of aliphatic hydroxyl groups excluding tert-OH is 1. The van der Waals surface area contributed by atoms with Crippen molar-refractivity contribution in [2.24, 2.45) is 0 Å². The second kappa shape index (κ2) is 6.73. The summed E-state index contributed by atoms with van der Waals surface area (Å²) < 4.78 is 37.3. The maximum Gasteiger partial charge on any atom is 0.415 e. The summed E-state index contributed by atoms with van der Waals surface area (Å²) in [5, 5.41) is 19.9. The van der Waals surface area contributed by atoms with Crippen molar-refractivity contribution in [1.29, 1.82) is 0 Å². The molecule has 0 radical (unpaired) electrons. The van der Waals surface area contributed by atoms with Crippen molar-refractivity contribution in [2.75, 3.05) is 25.0 Å². The fourth-order valence-corrected chi connectivity index (χ4v) is 2.61. The van der Waals surface area contributed by atoms with Crippen LogP contribution in [-0.2, 0) is 4.79 Å². The third-order valence-corrected chi connectivity index (χ3v) is 3.90. The lowest BCUT2D eigenvalue weighted by atomic mass is 10.2. The van der Waals surface area contributed by atoms with Crippen molar-refractivity contribution in [2.45, 2.75) is 24.7 Å². The normalized spacial score (nSPS) is 19.8. The highest BCUT2D eigenvalue weighted by molar-refractivity contribution is 5.99. The minimum Gasteiger partial charge on any atom is -0.382 e. The van der Waals surface area contributed by atoms with Crippen molar-refractivity contribution in [3.05, 3.63) is 34.4 Å². The summed E-state index contributed by atoms with van der Waals surface area (Å²) in [4.78, 5) is 25.1. The number of carbonyl (C=O) groups is 1. The van der Waals surface area contributed by atoms with Crippen LogP contribution in [0.3, 0.4) is 0 Å². The van der Waals surface area contributed by atoms with Gasteiger partial charge in [0.1, 0.15) is 0 Å². The number of nitrogens with zero attached hydrogens (tertiary/aromatic N) is 3. The van der Waals surface area contributed by atoms with Crippen molar-refractivity contribution in [1.82, 2.24) is 4.90 Å². The number of amides is 1. The number of carbonyl (C=O) groups excluding carboxylic acids is 1. The highest BCUT2D eigenvalue weighted by atomic mass is 19.4. The van der Waals surface area contributed by atoms with Crippen LogP contribution in [0.2, 0.25) is 0 Å². The van der Waals surface area contributed by atoms with Crippen molar-refractivity contribution in [3.8, 4) is 0 Å². The summed E-state index contributed by atoms with van der Waals surface area (Å²) in [7, 11) is 1.33. The van der Waals surface area contributed by atoms with E-state index in [4.69, 9.17) is 5.11 Å². The molecule has 7 nitrogen and oxygen atoms in total. The molecule has 1 aliphatic rings. The number of rotatable bonds is 5. The first-order chi connectivity index (χ1) is 11.1. The van der Waals surface area contributed by atoms with E-state index in [-0.39, 0.29) is 18.7 Å². The molecule has 1 amide bonds. The Morgan fingerprint density at radius 3 is 2.75 bits per heavy atom. The number of nitro groups is 1. The molecule has 0 bridgehead atoms. The summed E-state index contributed by atoms with van der Waals surface area (Å²) in [6, 6.07) is 4.67. The zero-order chi connectivity index (χ0) is 18.1. The molecule has 1 aromatic rings. The Balaban J connectivity index is 2.10. The molecule has 0 aliphatic carbocycles. The van der Waals surface area contributed by atoms with Gasteiger partial charge in [-0.1, -0.05) is 6.07 Å². The number of nitro benzene ring substituents is 1. The molecule has 2 unspecified atom stereocenters. The average Bonchev–Trinajstić information content (AvgIpc) is 2.88. The zero-order valence-corrected chi connectivity index (χ0v) is 12.7. The minimum atomic E-state index is -4.75. The number of non-ortho nitro benzene ring substituents is 1. The van der Waals surface area contributed by atoms with Crippen LogP contribution in [-0.4, -0.2) is 59.3 Å². The van der Waals surface area contributed by atoms with Gasteiger partial charge in [-0.2, -0.15) is 13.2 Å². The first-order valence-corrected chi connectivity index (χ1v) is 7.12. The average molecular weight is 347 g/mol. The molecular formula is C14H16F3N3O4. The van der Waals surface area contributed by atoms with Gasteiger partial charge < -0.3 is 10.0 Å². The van der Waals surface area contributed by atoms with Crippen molar-refractivity contribution < 1.29 is 28.0 Å². The fraction of sp³-hybridized carbons (Fsp3) is 0.500. The van der Waals surface area contributed by atoms with E-state index in [9.17, 15) is 28.1 Å². The summed E-state index contributed by atoms with van der Waals surface area (Å²) >= 11 is 0. The summed E-state index contributed by atoms with van der Waals surface area (Å²) in [6.45, 7) is -0.486. The Kier molecular flexibility index (Phi) is 5.09. The summed E-state index contributed by atoms with van der Waals surface area (Å²) in [5.74, 6) is -0.452. The van der Waals surface area contributed by atoms with Crippen LogP contribution in [0.15, 0.2) is 24.3 Å². The van der Waals surface area contributed by atoms with Gasteiger partial charge in [-0.3, -0.25) is 19.8 Å². The van der Waals surface area contributed by atoms with Crippen LogP contribution in [0.4, 0.5) is 24.5 Å². The molecule has 2 rings (SSSR count). The van der Waals surface area contributed by atoms with Gasteiger partial charge in [-0.05, 0) is 19.5 Å². The monoisotopic (exact) mass is 347 g/mol. The number of anilines is 1. The largest absolute Gasteiger partial charge is 0.415 e. The predicted molar refractivity (Wildman–Crippen MR) is 78.5 cm³/mol. The molecule has 0 saturated carbocycles. The zero-order valence-electron chi connectivity index (χ0n) is 12.7. The molecule has 10 heteroatoms. The van der Waals surface area contributed by atoms with Gasteiger partial charge in [0.15, 0.2) is 6.10 Å². The van der Waals surface area contributed by atoms with Crippen molar-refractivity contribution >= 4 is 17.3 Å². The van der Waals surface area contributed by atoms with E-state index in [0.717, 1.165) is 4.90 Å². The second-order valence-corrected chi connectivity index (χ2v) is 5.57. The van der Waals surface area contributed by atoms with E-state index in [1.165, 1.54) is 36.2 Å². The molecule has 24 heavy (non-hydrogen) atoms. The maximum atomic E-state index is 12.4. The van der Waals surface area contributed by atoms with Gasteiger partial charge in [0.25, 0.3) is 5.69 Å².